The maximum Gasteiger partial charge on any atom is 0.433 e. The first-order valence-electron chi connectivity index (χ1n) is 11.8. The molecular formula is C23H25F6N5O3S. The van der Waals surface area contributed by atoms with Crippen molar-refractivity contribution in [2.75, 3.05) is 31.1 Å². The molecule has 2 saturated heterocycles. The zero-order valence-electron chi connectivity index (χ0n) is 19.9. The number of halogens is 6. The Hall–Kier alpha value is -2.78. The molecular weight excluding hydrogens is 540 g/mol. The van der Waals surface area contributed by atoms with E-state index in [1.165, 1.54) is 24.1 Å². The largest absolute Gasteiger partial charge is 0.490 e. The number of nitrogens with one attached hydrogen (secondary N) is 1. The maximum atomic E-state index is 13.0. The summed E-state index contributed by atoms with van der Waals surface area (Å²) >= 11 is 1.27. The summed E-state index contributed by atoms with van der Waals surface area (Å²) in [6.07, 6.45) is -6.62. The number of hydrogen-bond donors (Lipinski definition) is 2. The number of piperidine rings is 2. The van der Waals surface area contributed by atoms with Gasteiger partial charge in [-0.2, -0.15) is 26.3 Å². The van der Waals surface area contributed by atoms with Crippen molar-refractivity contribution in [3.8, 4) is 5.75 Å². The van der Waals surface area contributed by atoms with Crippen molar-refractivity contribution >= 4 is 23.8 Å². The first-order chi connectivity index (χ1) is 17.9. The predicted octanol–water partition coefficient (Wildman–Crippen LogP) is 4.55. The highest BCUT2D eigenvalue weighted by atomic mass is 32.2. The van der Waals surface area contributed by atoms with Gasteiger partial charge in [-0.3, -0.25) is 10.0 Å². The summed E-state index contributed by atoms with van der Waals surface area (Å²) in [5, 5.41) is 9.38. The van der Waals surface area contributed by atoms with Gasteiger partial charge in [-0.1, -0.05) is 11.9 Å². The van der Waals surface area contributed by atoms with Crippen LogP contribution < -0.4 is 15.1 Å². The third-order valence-electron chi connectivity index (χ3n) is 6.49. The summed E-state index contributed by atoms with van der Waals surface area (Å²) in [6, 6.07) is 5.29. The minimum atomic E-state index is -4.60. The van der Waals surface area contributed by atoms with Crippen molar-refractivity contribution in [1.29, 1.82) is 0 Å². The molecule has 38 heavy (non-hydrogen) atoms. The Morgan fingerprint density at radius 1 is 1.00 bits per heavy atom. The second-order valence-electron chi connectivity index (χ2n) is 9.02. The Labute approximate surface area is 218 Å². The van der Waals surface area contributed by atoms with Gasteiger partial charge in [0, 0.05) is 32.4 Å². The quantitative estimate of drug-likeness (QED) is 0.228. The molecule has 1 aromatic carbocycles. The van der Waals surface area contributed by atoms with E-state index < -0.39 is 34.3 Å². The lowest BCUT2D eigenvalue weighted by atomic mass is 9.95. The third-order valence-corrected chi connectivity index (χ3v) is 8.06. The van der Waals surface area contributed by atoms with Crippen molar-refractivity contribution in [1.82, 2.24) is 19.8 Å². The van der Waals surface area contributed by atoms with E-state index in [0.717, 1.165) is 24.4 Å². The fourth-order valence-electron chi connectivity index (χ4n) is 4.39. The number of amides is 1. The molecule has 0 bridgehead atoms. The topological polar surface area (TPSA) is 90.8 Å². The minimum absolute atomic E-state index is 0.0796. The summed E-state index contributed by atoms with van der Waals surface area (Å²) in [5.74, 6) is -0.344. The molecule has 2 N–H and O–H groups in total. The first-order valence-corrected chi connectivity index (χ1v) is 12.5. The number of alkyl halides is 6. The zero-order chi connectivity index (χ0) is 27.6. The van der Waals surface area contributed by atoms with E-state index in [4.69, 9.17) is 4.74 Å². The lowest BCUT2D eigenvalue weighted by molar-refractivity contribution is -0.141. The molecule has 0 saturated carbocycles. The molecule has 2 aromatic rings. The average molecular weight is 566 g/mol. The van der Waals surface area contributed by atoms with Crippen LogP contribution in [0.4, 0.5) is 32.3 Å². The minimum Gasteiger partial charge on any atom is -0.490 e. The number of carbonyl (C=O) groups is 1. The van der Waals surface area contributed by atoms with Crippen molar-refractivity contribution in [3.63, 3.8) is 0 Å². The molecule has 0 spiro atoms. The monoisotopic (exact) mass is 565 g/mol. The molecule has 8 nitrogen and oxygen atoms in total. The molecule has 15 heteroatoms. The second kappa shape index (κ2) is 11.1. The zero-order valence-corrected chi connectivity index (χ0v) is 20.7. The number of anilines is 1. The molecule has 0 radical (unpaired) electrons. The Bertz CT molecular complexity index is 1100. The van der Waals surface area contributed by atoms with Crippen LogP contribution in [0.2, 0.25) is 0 Å². The molecule has 2 aliphatic rings. The smallest absolute Gasteiger partial charge is 0.433 e. The fourth-order valence-corrected chi connectivity index (χ4v) is 5.77. The summed E-state index contributed by atoms with van der Waals surface area (Å²) in [7, 11) is 0. The first kappa shape index (κ1) is 28.2. The number of hydrogen-bond acceptors (Lipinski definition) is 8. The van der Waals surface area contributed by atoms with Gasteiger partial charge in [-0.25, -0.2) is 19.8 Å². The van der Waals surface area contributed by atoms with Gasteiger partial charge >= 0.3 is 12.4 Å². The van der Waals surface area contributed by atoms with Crippen LogP contribution >= 0.6 is 11.9 Å². The van der Waals surface area contributed by atoms with Crippen LogP contribution in [0.3, 0.4) is 0 Å². The van der Waals surface area contributed by atoms with E-state index >= 15 is 0 Å². The third kappa shape index (κ3) is 6.61. The van der Waals surface area contributed by atoms with Crippen molar-refractivity contribution in [2.45, 2.75) is 48.9 Å². The molecule has 0 aliphatic carbocycles. The molecule has 208 valence electrons. The SMILES string of the molecule is O=C(NO)C1(SN2CCC(Oc3ccc(C(F)(F)F)cc3)CC2)CCN(c2nccc(C(F)(F)F)n2)CC1. The van der Waals surface area contributed by atoms with Crippen LogP contribution in [0.5, 0.6) is 5.75 Å². The molecule has 0 atom stereocenters. The van der Waals surface area contributed by atoms with Gasteiger partial charge in [0.25, 0.3) is 5.91 Å². The number of nitrogens with zero attached hydrogens (tertiary/aromatic N) is 4. The molecule has 2 aliphatic heterocycles. The average Bonchev–Trinajstić information content (AvgIpc) is 2.89. The van der Waals surface area contributed by atoms with Gasteiger partial charge in [-0.05, 0) is 56.0 Å². The van der Waals surface area contributed by atoms with Crippen LogP contribution in [0, 0.1) is 0 Å². The summed E-state index contributed by atoms with van der Waals surface area (Å²) in [6.45, 7) is 1.46. The van der Waals surface area contributed by atoms with E-state index in [1.54, 1.807) is 10.4 Å². The lowest BCUT2D eigenvalue weighted by Gasteiger charge is -2.43. The van der Waals surface area contributed by atoms with Gasteiger partial charge in [0.1, 0.15) is 22.3 Å². The van der Waals surface area contributed by atoms with Gasteiger partial charge in [-0.15, -0.1) is 0 Å². The van der Waals surface area contributed by atoms with Crippen molar-refractivity contribution in [2.24, 2.45) is 0 Å². The van der Waals surface area contributed by atoms with Gasteiger partial charge < -0.3 is 9.64 Å². The van der Waals surface area contributed by atoms with Gasteiger partial charge in [0.05, 0.1) is 5.56 Å². The number of aromatic nitrogens is 2. The summed E-state index contributed by atoms with van der Waals surface area (Å²) in [4.78, 5) is 21.8. The number of rotatable bonds is 6. The number of benzene rings is 1. The number of ether oxygens (including phenoxy) is 1. The Morgan fingerprint density at radius 3 is 2.18 bits per heavy atom. The van der Waals surface area contributed by atoms with E-state index in [0.29, 0.717) is 31.7 Å². The predicted molar refractivity (Wildman–Crippen MR) is 125 cm³/mol. The maximum absolute atomic E-state index is 13.0. The highest BCUT2D eigenvalue weighted by molar-refractivity contribution is 7.99. The van der Waals surface area contributed by atoms with Crippen molar-refractivity contribution < 1.29 is 41.1 Å². The number of hydroxylamine groups is 1. The highest BCUT2D eigenvalue weighted by Gasteiger charge is 2.45. The fraction of sp³-hybridized carbons (Fsp3) is 0.522. The Morgan fingerprint density at radius 2 is 1.63 bits per heavy atom. The van der Waals surface area contributed by atoms with E-state index in [9.17, 15) is 36.3 Å². The van der Waals surface area contributed by atoms with Crippen LogP contribution in [0.15, 0.2) is 36.5 Å². The lowest BCUT2D eigenvalue weighted by Crippen LogP contribution is -2.53. The van der Waals surface area contributed by atoms with Gasteiger partial charge in [0.15, 0.2) is 0 Å². The summed E-state index contributed by atoms with van der Waals surface area (Å²) in [5.41, 5.74) is -0.0924. The summed E-state index contributed by atoms with van der Waals surface area (Å²) < 4.78 is 84.1. The van der Waals surface area contributed by atoms with Crippen LogP contribution in [0.25, 0.3) is 0 Å². The van der Waals surface area contributed by atoms with Gasteiger partial charge in [0.2, 0.25) is 5.95 Å². The van der Waals surface area contributed by atoms with E-state index in [2.05, 4.69) is 9.97 Å². The normalized spacial score (nSPS) is 19.3. The van der Waals surface area contributed by atoms with Crippen LogP contribution in [-0.4, -0.2) is 62.4 Å². The van der Waals surface area contributed by atoms with Crippen molar-refractivity contribution in [3.05, 3.63) is 47.8 Å². The number of carbonyl (C=O) groups excluding carboxylic acids is 1. The molecule has 4 rings (SSSR count). The molecule has 0 unspecified atom stereocenters. The molecule has 3 heterocycles. The van der Waals surface area contributed by atoms with Crippen LogP contribution in [0.1, 0.15) is 36.9 Å². The molecule has 1 amide bonds. The van der Waals surface area contributed by atoms with Crippen LogP contribution in [-0.2, 0) is 17.1 Å². The van der Waals surface area contributed by atoms with E-state index in [-0.39, 0.29) is 38.0 Å². The van der Waals surface area contributed by atoms with E-state index in [1.807, 2.05) is 4.31 Å². The standard InChI is InChI=1S/C23H25F6N5O3S/c24-22(25,26)15-1-3-16(4-2-15)37-17-6-11-34(12-7-17)38-21(19(35)32-36)8-13-33(14-9-21)20-30-10-5-18(31-20)23(27,28)29/h1-5,10,17,36H,6-9,11-14H2,(H,32,35). The Kier molecular flexibility index (Phi) is 8.28. The highest BCUT2D eigenvalue weighted by Crippen LogP contribution is 2.41. The molecule has 1 aromatic heterocycles. The second-order valence-corrected chi connectivity index (χ2v) is 10.5. The Balaban J connectivity index is 1.33. The molecule has 2 fully saturated rings.